The lowest BCUT2D eigenvalue weighted by Gasteiger charge is -2.07. The highest BCUT2D eigenvalue weighted by Crippen LogP contribution is 2.32. The molecule has 2 N–H and O–H groups in total. The van der Waals surface area contributed by atoms with Gasteiger partial charge >= 0.3 is 0 Å². The maximum absolute atomic E-state index is 11.9. The van der Waals surface area contributed by atoms with Crippen LogP contribution in [0.2, 0.25) is 0 Å². The third-order valence-electron chi connectivity index (χ3n) is 2.78. The van der Waals surface area contributed by atoms with Crippen LogP contribution in [0, 0.1) is 0 Å². The van der Waals surface area contributed by atoms with Gasteiger partial charge in [-0.2, -0.15) is 0 Å². The first-order chi connectivity index (χ1) is 7.92. The molecule has 0 saturated carbocycles. The Morgan fingerprint density at radius 2 is 2.06 bits per heavy atom. The highest BCUT2D eigenvalue weighted by atomic mass is 32.2. The maximum Gasteiger partial charge on any atom is 0.156 e. The van der Waals surface area contributed by atoms with E-state index in [9.17, 15) is 8.42 Å². The minimum absolute atomic E-state index is 0.0683. The highest BCUT2D eigenvalue weighted by molar-refractivity contribution is 7.91. The number of anilines is 1. The molecule has 3 nitrogen and oxygen atoms in total. The molecule has 1 aromatic carbocycles. The van der Waals surface area contributed by atoms with Crippen molar-refractivity contribution < 1.29 is 8.42 Å². The number of benzene rings is 1. The second-order valence-electron chi connectivity index (χ2n) is 4.34. The number of hydrogen-bond donors (Lipinski definition) is 1. The van der Waals surface area contributed by atoms with E-state index in [-0.39, 0.29) is 11.0 Å². The molecular formula is C12H15NO2S2. The number of sulfone groups is 1. The molecule has 0 amide bonds. The molecule has 17 heavy (non-hydrogen) atoms. The lowest BCUT2D eigenvalue weighted by atomic mass is 10.1. The predicted molar refractivity (Wildman–Crippen MR) is 74.0 cm³/mol. The van der Waals surface area contributed by atoms with Crippen molar-refractivity contribution in [2.75, 3.05) is 5.73 Å². The molecule has 0 aliphatic heterocycles. The molecule has 92 valence electrons. The second kappa shape index (κ2) is 4.31. The Labute approximate surface area is 105 Å². The second-order valence-corrected chi connectivity index (χ2v) is 7.81. The molecule has 0 atom stereocenters. The molecule has 2 rings (SSSR count). The minimum Gasteiger partial charge on any atom is -0.398 e. The van der Waals surface area contributed by atoms with Gasteiger partial charge in [0.1, 0.15) is 0 Å². The number of hydrogen-bond acceptors (Lipinski definition) is 4. The summed E-state index contributed by atoms with van der Waals surface area (Å²) in [7, 11) is -3.08. The van der Waals surface area contributed by atoms with Gasteiger partial charge in [-0.3, -0.25) is 0 Å². The SMILES string of the molecule is CC(C)S(=O)(=O)Cc1csc2cccc(N)c12. The smallest absolute Gasteiger partial charge is 0.156 e. The van der Waals surface area contributed by atoms with Crippen LogP contribution in [-0.2, 0) is 15.6 Å². The van der Waals surface area contributed by atoms with Crippen LogP contribution in [0.5, 0.6) is 0 Å². The molecule has 2 aromatic rings. The van der Waals surface area contributed by atoms with Crippen molar-refractivity contribution in [2.24, 2.45) is 0 Å². The summed E-state index contributed by atoms with van der Waals surface area (Å²) >= 11 is 1.54. The van der Waals surface area contributed by atoms with Crippen LogP contribution < -0.4 is 5.73 Å². The average Bonchev–Trinajstić information content (AvgIpc) is 2.62. The summed E-state index contributed by atoms with van der Waals surface area (Å²) in [4.78, 5) is 0. The van der Waals surface area contributed by atoms with E-state index in [4.69, 9.17) is 5.73 Å². The Morgan fingerprint density at radius 3 is 2.71 bits per heavy atom. The van der Waals surface area contributed by atoms with Crippen LogP contribution in [0.25, 0.3) is 10.1 Å². The van der Waals surface area contributed by atoms with Gasteiger partial charge in [0.15, 0.2) is 9.84 Å². The predicted octanol–water partition coefficient (Wildman–Crippen LogP) is 2.81. The van der Waals surface area contributed by atoms with Crippen LogP contribution in [0.1, 0.15) is 19.4 Å². The van der Waals surface area contributed by atoms with E-state index in [0.717, 1.165) is 15.6 Å². The van der Waals surface area contributed by atoms with E-state index in [1.165, 1.54) is 11.3 Å². The summed E-state index contributed by atoms with van der Waals surface area (Å²) in [5.41, 5.74) is 7.38. The number of nitrogen functional groups attached to an aromatic ring is 1. The van der Waals surface area contributed by atoms with Crippen molar-refractivity contribution in [3.05, 3.63) is 29.1 Å². The van der Waals surface area contributed by atoms with Crippen LogP contribution in [0.3, 0.4) is 0 Å². The molecule has 0 bridgehead atoms. The summed E-state index contributed by atoms with van der Waals surface area (Å²) in [5, 5.41) is 2.42. The van der Waals surface area contributed by atoms with Crippen LogP contribution in [0.4, 0.5) is 5.69 Å². The zero-order valence-electron chi connectivity index (χ0n) is 9.80. The van der Waals surface area contributed by atoms with E-state index in [1.807, 2.05) is 17.5 Å². The first-order valence-corrected chi connectivity index (χ1v) is 7.97. The van der Waals surface area contributed by atoms with Gasteiger partial charge in [-0.05, 0) is 36.9 Å². The molecule has 0 unspecified atom stereocenters. The van der Waals surface area contributed by atoms with Gasteiger partial charge in [0.25, 0.3) is 0 Å². The summed E-state index contributed by atoms with van der Waals surface area (Å²) in [6.45, 7) is 3.40. The summed E-state index contributed by atoms with van der Waals surface area (Å²) in [5.74, 6) is 0.0683. The van der Waals surface area contributed by atoms with Crippen molar-refractivity contribution in [2.45, 2.75) is 24.9 Å². The zero-order valence-corrected chi connectivity index (χ0v) is 11.4. The van der Waals surface area contributed by atoms with Gasteiger partial charge in [0.05, 0.1) is 11.0 Å². The van der Waals surface area contributed by atoms with Gasteiger partial charge in [-0.15, -0.1) is 11.3 Å². The Balaban J connectivity index is 2.51. The fraction of sp³-hybridized carbons (Fsp3) is 0.333. The van der Waals surface area contributed by atoms with Crippen molar-refractivity contribution in [1.29, 1.82) is 0 Å². The molecule has 0 aliphatic carbocycles. The number of thiophene rings is 1. The maximum atomic E-state index is 11.9. The van der Waals surface area contributed by atoms with E-state index < -0.39 is 9.84 Å². The Bertz CT molecular complexity index is 642. The van der Waals surface area contributed by atoms with Crippen LogP contribution >= 0.6 is 11.3 Å². The topological polar surface area (TPSA) is 60.2 Å². The van der Waals surface area contributed by atoms with E-state index in [0.29, 0.717) is 5.69 Å². The summed E-state index contributed by atoms with van der Waals surface area (Å²) in [6, 6.07) is 5.65. The molecule has 5 heteroatoms. The standard InChI is InChI=1S/C12H15NO2S2/c1-8(2)17(14,15)7-9-6-16-11-5-3-4-10(13)12(9)11/h3-6,8H,7,13H2,1-2H3. The quantitative estimate of drug-likeness (QED) is 0.872. The summed E-state index contributed by atoms with van der Waals surface area (Å²) in [6.07, 6.45) is 0. The molecule has 0 radical (unpaired) electrons. The third kappa shape index (κ3) is 2.30. The van der Waals surface area contributed by atoms with Crippen molar-refractivity contribution in [1.82, 2.24) is 0 Å². The van der Waals surface area contributed by atoms with Gasteiger partial charge in [-0.25, -0.2) is 8.42 Å². The summed E-state index contributed by atoms with van der Waals surface area (Å²) < 4.78 is 24.9. The van der Waals surface area contributed by atoms with Gasteiger partial charge in [0.2, 0.25) is 0 Å². The Hall–Kier alpha value is -1.07. The first-order valence-electron chi connectivity index (χ1n) is 5.38. The fourth-order valence-corrected chi connectivity index (χ4v) is 3.77. The van der Waals surface area contributed by atoms with Crippen LogP contribution in [0.15, 0.2) is 23.6 Å². The van der Waals surface area contributed by atoms with Crippen molar-refractivity contribution in [3.63, 3.8) is 0 Å². The average molecular weight is 269 g/mol. The van der Waals surface area contributed by atoms with E-state index in [2.05, 4.69) is 0 Å². The number of nitrogens with two attached hydrogens (primary N) is 1. The van der Waals surface area contributed by atoms with Gasteiger partial charge < -0.3 is 5.73 Å². The lowest BCUT2D eigenvalue weighted by Crippen LogP contribution is -2.15. The van der Waals surface area contributed by atoms with Crippen molar-refractivity contribution >= 4 is 36.9 Å². The number of rotatable bonds is 3. The normalized spacial score (nSPS) is 12.4. The zero-order chi connectivity index (χ0) is 12.6. The largest absolute Gasteiger partial charge is 0.398 e. The van der Waals surface area contributed by atoms with Crippen LogP contribution in [-0.4, -0.2) is 13.7 Å². The first kappa shape index (κ1) is 12.4. The Kier molecular flexibility index (Phi) is 3.14. The molecule has 0 fully saturated rings. The number of fused-ring (bicyclic) bond motifs is 1. The van der Waals surface area contributed by atoms with E-state index >= 15 is 0 Å². The molecule has 1 aromatic heterocycles. The third-order valence-corrected chi connectivity index (χ3v) is 5.93. The lowest BCUT2D eigenvalue weighted by molar-refractivity contribution is 0.587. The fourth-order valence-electron chi connectivity index (χ4n) is 1.67. The molecule has 0 aliphatic rings. The molecular weight excluding hydrogens is 254 g/mol. The van der Waals surface area contributed by atoms with Crippen molar-refractivity contribution in [3.8, 4) is 0 Å². The minimum atomic E-state index is -3.08. The molecule has 0 saturated heterocycles. The molecule has 0 spiro atoms. The van der Waals surface area contributed by atoms with Gasteiger partial charge in [-0.1, -0.05) is 6.07 Å². The van der Waals surface area contributed by atoms with E-state index in [1.54, 1.807) is 19.9 Å². The monoisotopic (exact) mass is 269 g/mol. The van der Waals surface area contributed by atoms with Gasteiger partial charge in [0, 0.05) is 15.8 Å². The highest BCUT2D eigenvalue weighted by Gasteiger charge is 2.19. The molecule has 1 heterocycles. The Morgan fingerprint density at radius 1 is 1.35 bits per heavy atom.